The molecule has 1 amide bonds. The van der Waals surface area contributed by atoms with Gasteiger partial charge in [0.2, 0.25) is 5.43 Å². The van der Waals surface area contributed by atoms with Crippen molar-refractivity contribution in [1.29, 1.82) is 0 Å². The van der Waals surface area contributed by atoms with Crippen LogP contribution in [-0.2, 0) is 11.2 Å². The topological polar surface area (TPSA) is 73.2 Å². The van der Waals surface area contributed by atoms with E-state index in [0.717, 1.165) is 15.7 Å². The quantitative estimate of drug-likeness (QED) is 0.579. The number of hydrogen-bond acceptors (Lipinski definition) is 4. The average Bonchev–Trinajstić information content (AvgIpc) is 2.69. The van der Waals surface area contributed by atoms with E-state index in [1.54, 1.807) is 16.9 Å². The van der Waals surface area contributed by atoms with Crippen LogP contribution in [0.1, 0.15) is 25.1 Å². The number of benzene rings is 2. The van der Waals surface area contributed by atoms with E-state index in [4.69, 9.17) is 4.74 Å². The Labute approximate surface area is 177 Å². The first-order valence-corrected chi connectivity index (χ1v) is 10.1. The van der Waals surface area contributed by atoms with E-state index < -0.39 is 6.09 Å². The highest BCUT2D eigenvalue weighted by Crippen LogP contribution is 2.15. The van der Waals surface area contributed by atoms with Gasteiger partial charge in [0, 0.05) is 28.8 Å². The summed E-state index contributed by atoms with van der Waals surface area (Å²) in [5.74, 6) is 0.268. The number of aromatic nitrogens is 2. The summed E-state index contributed by atoms with van der Waals surface area (Å²) in [6, 6.07) is 16.5. The minimum absolute atomic E-state index is 0.131. The van der Waals surface area contributed by atoms with Crippen molar-refractivity contribution in [3.8, 4) is 5.69 Å². The first-order chi connectivity index (χ1) is 13.9. The molecule has 0 radical (unpaired) electrons. The van der Waals surface area contributed by atoms with E-state index in [-0.39, 0.29) is 11.3 Å². The number of nitrogens with one attached hydrogen (secondary N) is 1. The molecule has 1 heterocycles. The summed E-state index contributed by atoms with van der Waals surface area (Å²) in [6.45, 7) is 4.30. The number of rotatable bonds is 6. The van der Waals surface area contributed by atoms with Crippen LogP contribution in [0.3, 0.4) is 0 Å². The van der Waals surface area contributed by atoms with Gasteiger partial charge in [0.15, 0.2) is 0 Å². The van der Waals surface area contributed by atoms with Gasteiger partial charge in [0.25, 0.3) is 0 Å². The lowest BCUT2D eigenvalue weighted by atomic mass is 10.1. The highest BCUT2D eigenvalue weighted by Gasteiger charge is 2.08. The first kappa shape index (κ1) is 20.8. The zero-order valence-electron chi connectivity index (χ0n) is 16.3. The van der Waals surface area contributed by atoms with Crippen LogP contribution in [0.2, 0.25) is 0 Å². The van der Waals surface area contributed by atoms with E-state index in [1.807, 2.05) is 56.3 Å². The summed E-state index contributed by atoms with van der Waals surface area (Å²) in [7, 11) is 0. The van der Waals surface area contributed by atoms with Crippen molar-refractivity contribution in [2.75, 3.05) is 11.9 Å². The minimum atomic E-state index is -0.494. The van der Waals surface area contributed by atoms with Gasteiger partial charge in [0.05, 0.1) is 12.3 Å². The highest BCUT2D eigenvalue weighted by atomic mass is 79.9. The molecule has 29 heavy (non-hydrogen) atoms. The Bertz CT molecular complexity index is 1050. The molecule has 0 saturated carbocycles. The summed E-state index contributed by atoms with van der Waals surface area (Å²) in [4.78, 5) is 24.2. The second kappa shape index (κ2) is 9.52. The zero-order chi connectivity index (χ0) is 20.8. The zero-order valence-corrected chi connectivity index (χ0v) is 17.8. The summed E-state index contributed by atoms with van der Waals surface area (Å²) in [5.41, 5.74) is 2.63. The Balaban J connectivity index is 1.76. The van der Waals surface area contributed by atoms with Crippen LogP contribution < -0.4 is 10.7 Å². The Kier molecular flexibility index (Phi) is 6.82. The van der Waals surface area contributed by atoms with Crippen LogP contribution in [0.25, 0.3) is 5.69 Å². The van der Waals surface area contributed by atoms with E-state index in [1.165, 1.54) is 6.07 Å². The molecule has 2 aromatic carbocycles. The van der Waals surface area contributed by atoms with Crippen molar-refractivity contribution < 1.29 is 9.53 Å². The fourth-order valence-corrected chi connectivity index (χ4v) is 2.92. The van der Waals surface area contributed by atoms with E-state index in [2.05, 4.69) is 26.3 Å². The van der Waals surface area contributed by atoms with Crippen molar-refractivity contribution in [1.82, 2.24) is 9.78 Å². The maximum absolute atomic E-state index is 12.3. The van der Waals surface area contributed by atoms with Crippen molar-refractivity contribution in [3.05, 3.63) is 86.7 Å². The van der Waals surface area contributed by atoms with E-state index >= 15 is 0 Å². The molecule has 0 aliphatic heterocycles. The molecule has 7 heteroatoms. The molecular weight excluding hydrogens is 434 g/mol. The van der Waals surface area contributed by atoms with E-state index in [9.17, 15) is 9.59 Å². The largest absolute Gasteiger partial charge is 0.449 e. The van der Waals surface area contributed by atoms with Crippen LogP contribution in [0, 0.1) is 5.92 Å². The number of amides is 1. The molecule has 3 aromatic rings. The van der Waals surface area contributed by atoms with Crippen molar-refractivity contribution >= 4 is 27.7 Å². The van der Waals surface area contributed by atoms with Gasteiger partial charge in [-0.1, -0.05) is 41.9 Å². The molecule has 1 N–H and O–H groups in total. The molecule has 150 valence electrons. The minimum Gasteiger partial charge on any atom is -0.449 e. The summed E-state index contributed by atoms with van der Waals surface area (Å²) < 4.78 is 7.78. The fourth-order valence-electron chi connectivity index (χ4n) is 2.66. The normalized spacial score (nSPS) is 10.8. The average molecular weight is 456 g/mol. The number of halogens is 1. The fraction of sp³-hybridized carbons (Fsp3) is 0.227. The lowest BCUT2D eigenvalue weighted by molar-refractivity contribution is 0.147. The Morgan fingerprint density at radius 3 is 2.66 bits per heavy atom. The predicted molar refractivity (Wildman–Crippen MR) is 117 cm³/mol. The van der Waals surface area contributed by atoms with Gasteiger partial charge in [-0.3, -0.25) is 10.1 Å². The molecule has 0 bridgehead atoms. The molecule has 0 saturated heterocycles. The third kappa shape index (κ3) is 6.02. The Morgan fingerprint density at radius 2 is 1.93 bits per heavy atom. The lowest BCUT2D eigenvalue weighted by Crippen LogP contribution is -2.17. The van der Waals surface area contributed by atoms with Gasteiger partial charge in [0.1, 0.15) is 5.69 Å². The number of ether oxygens (including phenoxy) is 1. The maximum Gasteiger partial charge on any atom is 0.411 e. The van der Waals surface area contributed by atoms with Crippen molar-refractivity contribution in [2.45, 2.75) is 20.3 Å². The van der Waals surface area contributed by atoms with Gasteiger partial charge in [-0.25, -0.2) is 9.48 Å². The first-order valence-electron chi connectivity index (χ1n) is 9.28. The van der Waals surface area contributed by atoms with Crippen LogP contribution in [0.15, 0.2) is 70.1 Å². The lowest BCUT2D eigenvalue weighted by Gasteiger charge is -2.10. The highest BCUT2D eigenvalue weighted by molar-refractivity contribution is 9.10. The molecule has 0 aliphatic carbocycles. The van der Waals surface area contributed by atoms with Gasteiger partial charge in [-0.15, -0.1) is 0 Å². The standard InChI is InChI=1S/C22H22BrN3O3/c1-15(2)14-29-22(28)24-18-5-3-4-16(12-18)13-20-21(27)10-11-26(25-20)19-8-6-17(23)7-9-19/h3-12,15H,13-14H2,1-2H3,(H,24,28). The molecule has 0 atom stereocenters. The SMILES string of the molecule is CC(C)COC(=O)Nc1cccc(Cc2nn(-c3ccc(Br)cc3)ccc2=O)c1. The molecule has 0 fully saturated rings. The maximum atomic E-state index is 12.3. The smallest absolute Gasteiger partial charge is 0.411 e. The van der Waals surface area contributed by atoms with Crippen molar-refractivity contribution in [3.63, 3.8) is 0 Å². The summed E-state index contributed by atoms with van der Waals surface area (Å²) in [5, 5.41) is 7.19. The Hall–Kier alpha value is -2.93. The van der Waals surface area contributed by atoms with Gasteiger partial charge >= 0.3 is 6.09 Å². The van der Waals surface area contributed by atoms with Crippen LogP contribution in [0.5, 0.6) is 0 Å². The number of nitrogens with zero attached hydrogens (tertiary/aromatic N) is 2. The predicted octanol–water partition coefficient (Wildman–Crippen LogP) is 4.79. The monoisotopic (exact) mass is 455 g/mol. The molecular formula is C22H22BrN3O3. The molecule has 0 spiro atoms. The Morgan fingerprint density at radius 1 is 1.17 bits per heavy atom. The van der Waals surface area contributed by atoms with Crippen LogP contribution in [-0.4, -0.2) is 22.5 Å². The molecule has 6 nitrogen and oxygen atoms in total. The van der Waals surface area contributed by atoms with Gasteiger partial charge in [-0.2, -0.15) is 5.10 Å². The van der Waals surface area contributed by atoms with Gasteiger partial charge < -0.3 is 4.74 Å². The second-order valence-corrected chi connectivity index (χ2v) is 7.96. The molecule has 0 unspecified atom stereocenters. The van der Waals surface area contributed by atoms with Gasteiger partial charge in [-0.05, 0) is 47.9 Å². The van der Waals surface area contributed by atoms with Crippen LogP contribution >= 0.6 is 15.9 Å². The summed E-state index contributed by atoms with van der Waals surface area (Å²) in [6.07, 6.45) is 1.51. The third-order valence-electron chi connectivity index (χ3n) is 4.06. The third-order valence-corrected chi connectivity index (χ3v) is 4.59. The van der Waals surface area contributed by atoms with E-state index in [0.29, 0.717) is 24.4 Å². The van der Waals surface area contributed by atoms with Crippen LogP contribution in [0.4, 0.5) is 10.5 Å². The molecule has 0 aliphatic rings. The number of carbonyl (C=O) groups is 1. The number of anilines is 1. The number of hydrogen-bond donors (Lipinski definition) is 1. The van der Waals surface area contributed by atoms with Crippen molar-refractivity contribution in [2.24, 2.45) is 5.92 Å². The second-order valence-electron chi connectivity index (χ2n) is 7.04. The summed E-state index contributed by atoms with van der Waals surface area (Å²) >= 11 is 3.41. The number of carbonyl (C=O) groups excluding carboxylic acids is 1. The molecule has 3 rings (SSSR count). The molecule has 1 aromatic heterocycles.